The lowest BCUT2D eigenvalue weighted by molar-refractivity contribution is 0.100. The van der Waals surface area contributed by atoms with Crippen molar-refractivity contribution in [3.05, 3.63) is 88.1 Å². The average molecular weight is 487 g/mol. The summed E-state index contributed by atoms with van der Waals surface area (Å²) in [6, 6.07) is 8.10. The molecule has 3 aromatic heterocycles. The molecule has 0 unspecified atom stereocenters. The van der Waals surface area contributed by atoms with Crippen LogP contribution in [-0.4, -0.2) is 35.3 Å². The van der Waals surface area contributed by atoms with Crippen LogP contribution in [0.5, 0.6) is 0 Å². The molecule has 0 atom stereocenters. The molecule has 5 aromatic rings. The molecule has 182 valence electrons. The monoisotopic (exact) mass is 486 g/mol. The van der Waals surface area contributed by atoms with E-state index in [2.05, 4.69) is 15.1 Å². The number of carbonyl (C=O) groups excluding carboxylic acids is 1. The van der Waals surface area contributed by atoms with Gasteiger partial charge in [-0.15, -0.1) is 0 Å². The van der Waals surface area contributed by atoms with Gasteiger partial charge in [-0.05, 0) is 35.2 Å². The number of aliphatic hydroxyl groups is 1. The Morgan fingerprint density at radius 1 is 1.17 bits per heavy atom. The maximum absolute atomic E-state index is 15.2. The number of carbonyl (C=O) groups is 1. The predicted octanol–water partition coefficient (Wildman–Crippen LogP) is 3.15. The van der Waals surface area contributed by atoms with Gasteiger partial charge in [-0.25, -0.2) is 14.4 Å². The fraction of sp³-hybridized carbons (Fsp3) is 0.192. The molecule has 0 aliphatic heterocycles. The van der Waals surface area contributed by atoms with Gasteiger partial charge < -0.3 is 10.8 Å². The van der Waals surface area contributed by atoms with Crippen LogP contribution in [0.15, 0.2) is 60.0 Å². The Morgan fingerprint density at radius 3 is 2.61 bits per heavy atom. The van der Waals surface area contributed by atoms with Crippen molar-refractivity contribution in [2.75, 3.05) is 0 Å². The van der Waals surface area contributed by atoms with Crippen LogP contribution in [0.4, 0.5) is 4.39 Å². The molecule has 0 fully saturated rings. The summed E-state index contributed by atoms with van der Waals surface area (Å²) in [4.78, 5) is 33.7. The summed E-state index contributed by atoms with van der Waals surface area (Å²) in [6.45, 7) is 5.40. The van der Waals surface area contributed by atoms with E-state index in [-0.39, 0.29) is 22.1 Å². The second kappa shape index (κ2) is 8.35. The van der Waals surface area contributed by atoms with Crippen LogP contribution in [0.2, 0.25) is 0 Å². The zero-order valence-corrected chi connectivity index (χ0v) is 19.9. The van der Waals surface area contributed by atoms with Crippen LogP contribution in [0, 0.1) is 5.82 Å². The van der Waals surface area contributed by atoms with Gasteiger partial charge in [0.05, 0.1) is 40.5 Å². The minimum Gasteiger partial charge on any atom is -0.392 e. The van der Waals surface area contributed by atoms with E-state index in [9.17, 15) is 14.7 Å². The minimum atomic E-state index is -0.659. The van der Waals surface area contributed by atoms with E-state index in [1.807, 2.05) is 20.8 Å². The molecule has 10 heteroatoms. The van der Waals surface area contributed by atoms with Crippen molar-refractivity contribution < 1.29 is 14.3 Å². The minimum absolute atomic E-state index is 0.0949. The van der Waals surface area contributed by atoms with Crippen molar-refractivity contribution in [3.8, 4) is 11.4 Å². The van der Waals surface area contributed by atoms with E-state index < -0.39 is 23.9 Å². The number of aromatic nitrogens is 5. The van der Waals surface area contributed by atoms with Crippen LogP contribution in [-0.2, 0) is 12.0 Å². The molecule has 3 N–H and O–H groups in total. The van der Waals surface area contributed by atoms with Gasteiger partial charge in [0, 0.05) is 23.3 Å². The SMILES string of the molecule is CC(C)(C)c1cc(F)c2c(=O)n(-c3cccc(-n4cc(C(N)=O)c5cncnc54)c3CO)ncc2c1. The molecule has 0 spiro atoms. The molecule has 2 aromatic carbocycles. The number of primary amides is 1. The molecule has 5 rings (SSSR count). The lowest BCUT2D eigenvalue weighted by atomic mass is 9.86. The maximum atomic E-state index is 15.2. The summed E-state index contributed by atoms with van der Waals surface area (Å²) >= 11 is 0. The summed E-state index contributed by atoms with van der Waals surface area (Å²) in [5.41, 5.74) is 6.95. The number of aliphatic hydroxyl groups excluding tert-OH is 1. The number of hydrogen-bond donors (Lipinski definition) is 2. The first kappa shape index (κ1) is 23.3. The van der Waals surface area contributed by atoms with Crippen LogP contribution < -0.4 is 11.3 Å². The number of nitrogens with two attached hydrogens (primary N) is 1. The van der Waals surface area contributed by atoms with E-state index in [1.54, 1.807) is 28.8 Å². The van der Waals surface area contributed by atoms with Gasteiger partial charge in [0.2, 0.25) is 0 Å². The molecular formula is C26H23FN6O3. The molecule has 0 bridgehead atoms. The molecule has 0 saturated heterocycles. The van der Waals surface area contributed by atoms with Gasteiger partial charge >= 0.3 is 0 Å². The Bertz CT molecular complexity index is 1730. The average Bonchev–Trinajstić information content (AvgIpc) is 3.23. The normalized spacial score (nSPS) is 11.9. The lowest BCUT2D eigenvalue weighted by Crippen LogP contribution is -2.24. The summed E-state index contributed by atoms with van der Waals surface area (Å²) < 4.78 is 17.8. The lowest BCUT2D eigenvalue weighted by Gasteiger charge is -2.20. The Labute approximate surface area is 204 Å². The van der Waals surface area contributed by atoms with Crippen LogP contribution in [0.1, 0.15) is 42.3 Å². The van der Waals surface area contributed by atoms with E-state index in [1.165, 1.54) is 31.0 Å². The number of benzene rings is 2. The maximum Gasteiger partial charge on any atom is 0.282 e. The van der Waals surface area contributed by atoms with Crippen molar-refractivity contribution in [1.82, 2.24) is 24.3 Å². The zero-order valence-electron chi connectivity index (χ0n) is 19.9. The Balaban J connectivity index is 1.76. The zero-order chi connectivity index (χ0) is 25.8. The largest absolute Gasteiger partial charge is 0.392 e. The highest BCUT2D eigenvalue weighted by Gasteiger charge is 2.22. The van der Waals surface area contributed by atoms with Crippen molar-refractivity contribution >= 4 is 27.7 Å². The highest BCUT2D eigenvalue weighted by atomic mass is 19.1. The summed E-state index contributed by atoms with van der Waals surface area (Å²) in [7, 11) is 0. The molecule has 0 aliphatic rings. The first-order valence-corrected chi connectivity index (χ1v) is 11.2. The van der Waals surface area contributed by atoms with E-state index in [0.29, 0.717) is 27.7 Å². The molecule has 9 nitrogen and oxygen atoms in total. The van der Waals surface area contributed by atoms with Gasteiger partial charge in [0.25, 0.3) is 11.5 Å². The third-order valence-corrected chi connectivity index (χ3v) is 6.21. The van der Waals surface area contributed by atoms with Crippen LogP contribution in [0.3, 0.4) is 0 Å². The van der Waals surface area contributed by atoms with Gasteiger partial charge in [-0.1, -0.05) is 26.8 Å². The third kappa shape index (κ3) is 3.62. The fourth-order valence-electron chi connectivity index (χ4n) is 4.33. The first-order valence-electron chi connectivity index (χ1n) is 11.2. The first-order chi connectivity index (χ1) is 17.1. The van der Waals surface area contributed by atoms with Crippen molar-refractivity contribution in [2.24, 2.45) is 5.73 Å². The Morgan fingerprint density at radius 2 is 1.92 bits per heavy atom. The Kier molecular flexibility index (Phi) is 5.40. The highest BCUT2D eigenvalue weighted by Crippen LogP contribution is 2.29. The third-order valence-electron chi connectivity index (χ3n) is 6.21. The summed E-state index contributed by atoms with van der Waals surface area (Å²) in [5, 5.41) is 15.4. The van der Waals surface area contributed by atoms with Crippen LogP contribution >= 0.6 is 0 Å². The second-order valence-corrected chi connectivity index (χ2v) is 9.50. The number of halogens is 1. The van der Waals surface area contributed by atoms with Crippen molar-refractivity contribution in [1.29, 1.82) is 0 Å². The van der Waals surface area contributed by atoms with Gasteiger partial charge in [0.15, 0.2) is 0 Å². The summed E-state index contributed by atoms with van der Waals surface area (Å²) in [6.07, 6.45) is 5.75. The summed E-state index contributed by atoms with van der Waals surface area (Å²) in [5.74, 6) is -1.30. The number of amides is 1. The topological polar surface area (TPSA) is 129 Å². The number of hydrogen-bond acceptors (Lipinski definition) is 6. The van der Waals surface area contributed by atoms with E-state index in [4.69, 9.17) is 5.73 Å². The molecule has 0 saturated carbocycles. The number of nitrogens with zero attached hydrogens (tertiary/aromatic N) is 5. The molecule has 1 amide bonds. The smallest absolute Gasteiger partial charge is 0.282 e. The molecule has 3 heterocycles. The number of rotatable bonds is 4. The Hall–Kier alpha value is -4.44. The predicted molar refractivity (Wildman–Crippen MR) is 133 cm³/mol. The molecule has 36 heavy (non-hydrogen) atoms. The molecule has 0 radical (unpaired) electrons. The van der Waals surface area contributed by atoms with Gasteiger partial charge in [0.1, 0.15) is 17.8 Å². The quantitative estimate of drug-likeness (QED) is 0.402. The molecule has 0 aliphatic carbocycles. The second-order valence-electron chi connectivity index (χ2n) is 9.50. The van der Waals surface area contributed by atoms with Gasteiger partial charge in [-0.2, -0.15) is 9.78 Å². The molecular weight excluding hydrogens is 463 g/mol. The standard InChI is InChI=1S/C26H23FN6O3/c1-26(2,3)15-7-14-9-31-33(25(36)22(14)19(27)8-15)21-6-4-5-20(18(21)12-34)32-11-17(23(28)35)16-10-29-13-30-24(16)32/h4-11,13,34H,12H2,1-3H3,(H2,28,35). The van der Waals surface area contributed by atoms with E-state index >= 15 is 4.39 Å². The van der Waals surface area contributed by atoms with E-state index in [0.717, 1.165) is 10.2 Å². The fourth-order valence-corrected chi connectivity index (χ4v) is 4.33. The number of fused-ring (bicyclic) bond motifs is 2. The van der Waals surface area contributed by atoms with Gasteiger partial charge in [-0.3, -0.25) is 14.2 Å². The van der Waals surface area contributed by atoms with Crippen LogP contribution in [0.25, 0.3) is 33.2 Å². The van der Waals surface area contributed by atoms with Crippen molar-refractivity contribution in [2.45, 2.75) is 32.8 Å². The highest BCUT2D eigenvalue weighted by molar-refractivity contribution is 6.05. The van der Waals surface area contributed by atoms with Crippen molar-refractivity contribution in [3.63, 3.8) is 0 Å².